The number of likely N-dealkylation sites (N-methyl/N-ethyl adjacent to an activating group) is 2. The van der Waals surface area contributed by atoms with E-state index in [0.717, 1.165) is 22.0 Å². The molecule has 69 heavy (non-hydrogen) atoms. The molecule has 1 aromatic heterocycles. The summed E-state index contributed by atoms with van der Waals surface area (Å²) in [4.78, 5) is 64.2. The molecule has 9 atom stereocenters. The van der Waals surface area contributed by atoms with Gasteiger partial charge in [-0.3, -0.25) is 24.7 Å². The maximum atomic E-state index is 15.4. The summed E-state index contributed by atoms with van der Waals surface area (Å²) in [5.41, 5.74) is 1.85. The molecule has 8 rings (SSSR count). The first-order valence-electron chi connectivity index (χ1n) is 24.0. The summed E-state index contributed by atoms with van der Waals surface area (Å²) in [6.07, 6.45) is 3.85. The van der Waals surface area contributed by atoms with Gasteiger partial charge in [0, 0.05) is 89.0 Å². The average molecular weight is 993 g/mol. The predicted molar refractivity (Wildman–Crippen MR) is 265 cm³/mol. The summed E-state index contributed by atoms with van der Waals surface area (Å²) in [5, 5.41) is 48.2. The topological polar surface area (TPSA) is 226 Å². The maximum absolute atomic E-state index is 15.4. The van der Waals surface area contributed by atoms with Gasteiger partial charge in [0.1, 0.15) is 23.9 Å². The predicted octanol–water partition coefficient (Wildman–Crippen LogP) is 4.50. The molecule has 5 aliphatic rings. The number of esters is 1. The van der Waals surface area contributed by atoms with Crippen molar-refractivity contribution >= 4 is 62.1 Å². The Morgan fingerprint density at radius 1 is 0.957 bits per heavy atom. The van der Waals surface area contributed by atoms with Crippen LogP contribution in [-0.4, -0.2) is 161 Å². The number of carbonyl (C=O) groups is 4. The van der Waals surface area contributed by atoms with Gasteiger partial charge in [0.25, 0.3) is 5.91 Å². The van der Waals surface area contributed by atoms with E-state index in [1.165, 1.54) is 28.7 Å². The van der Waals surface area contributed by atoms with Gasteiger partial charge in [-0.15, -0.1) is 0 Å². The third-order valence-corrected chi connectivity index (χ3v) is 18.5. The number of aliphatic hydroxyl groups excluding tert-OH is 1. The van der Waals surface area contributed by atoms with Gasteiger partial charge in [0.15, 0.2) is 5.60 Å². The molecular formula is C50H68N6O11S2. The van der Waals surface area contributed by atoms with Crippen LogP contribution in [0.1, 0.15) is 81.7 Å². The number of anilines is 1. The van der Waals surface area contributed by atoms with Crippen LogP contribution in [0, 0.1) is 11.3 Å². The number of fused-ring (bicyclic) bond motifs is 4. The molecule has 1 aliphatic carbocycles. The second-order valence-corrected chi connectivity index (χ2v) is 22.6. The van der Waals surface area contributed by atoms with Gasteiger partial charge >= 0.3 is 18.0 Å². The summed E-state index contributed by atoms with van der Waals surface area (Å²) in [7, 11) is 9.45. The Kier molecular flexibility index (Phi) is 14.5. The highest BCUT2D eigenvalue weighted by molar-refractivity contribution is 8.76. The number of carboxylic acids is 1. The first-order chi connectivity index (χ1) is 32.9. The van der Waals surface area contributed by atoms with E-state index in [-0.39, 0.29) is 25.4 Å². The third-order valence-electron chi connectivity index (χ3n) is 16.1. The summed E-state index contributed by atoms with van der Waals surface area (Å²) < 4.78 is 17.6. The van der Waals surface area contributed by atoms with Crippen molar-refractivity contribution in [3.8, 4) is 5.75 Å². The van der Waals surface area contributed by atoms with Gasteiger partial charge in [-0.25, -0.2) is 10.2 Å². The zero-order valence-electron chi connectivity index (χ0n) is 40.6. The Morgan fingerprint density at radius 3 is 2.42 bits per heavy atom. The number of hydrazine groups is 1. The number of ether oxygens (including phenoxy) is 3. The molecule has 4 aliphatic heterocycles. The van der Waals surface area contributed by atoms with Gasteiger partial charge in [0.2, 0.25) is 0 Å². The van der Waals surface area contributed by atoms with Crippen LogP contribution in [0.25, 0.3) is 10.9 Å². The van der Waals surface area contributed by atoms with Crippen LogP contribution in [0.4, 0.5) is 10.5 Å². The Labute approximate surface area is 411 Å². The van der Waals surface area contributed by atoms with Crippen molar-refractivity contribution in [2.45, 2.75) is 106 Å². The summed E-state index contributed by atoms with van der Waals surface area (Å²) >= 11 is 0. The van der Waals surface area contributed by atoms with Crippen molar-refractivity contribution in [2.75, 3.05) is 77.5 Å². The number of nitrogens with one attached hydrogen (secondary N) is 3. The number of nitrogens with zero attached hydrogens (tertiary/aromatic N) is 3. The lowest BCUT2D eigenvalue weighted by molar-refractivity contribution is -0.204. The van der Waals surface area contributed by atoms with Gasteiger partial charge in [-0.05, 0) is 81.3 Å². The molecule has 7 N–H and O–H groups in total. The van der Waals surface area contributed by atoms with Gasteiger partial charge in [0.05, 0.1) is 32.3 Å². The van der Waals surface area contributed by atoms with Crippen molar-refractivity contribution in [3.05, 3.63) is 70.9 Å². The number of aliphatic carboxylic acids is 1. The number of aromatic nitrogens is 1. The fourth-order valence-electron chi connectivity index (χ4n) is 13.4. The molecule has 1 unspecified atom stereocenters. The van der Waals surface area contributed by atoms with Crippen LogP contribution in [0.5, 0.6) is 5.75 Å². The molecule has 5 heterocycles. The molecular weight excluding hydrogens is 925 g/mol. The van der Waals surface area contributed by atoms with Crippen LogP contribution in [0.3, 0.4) is 0 Å². The number of carboxylic acid groups (broad SMARTS) is 1. The van der Waals surface area contributed by atoms with E-state index in [2.05, 4.69) is 38.6 Å². The van der Waals surface area contributed by atoms with Crippen molar-refractivity contribution in [1.82, 2.24) is 25.6 Å². The van der Waals surface area contributed by atoms with Gasteiger partial charge < -0.3 is 49.4 Å². The SMILES string of the molecule is CC[C@]1(O)CC(C)C[C@](C(=O)OC)(c2cc3c(cc2OC)N(C)[C@H]2[C@@](O)(C(=O)NNC(=O)OCCSSCCC(=O)O)[C@H](O)[C@]4(CC)C=CCN5CC[C@]32[C@@H]54)c2[nH]c3ccccc3c2CCN(C)C1. The maximum Gasteiger partial charge on any atom is 0.426 e. The number of para-hydroxylation sites is 1. The van der Waals surface area contributed by atoms with Gasteiger partial charge in [-0.2, -0.15) is 0 Å². The number of benzene rings is 2. The lowest BCUT2D eigenvalue weighted by Gasteiger charge is -2.63. The standard InChI is InChI=1S/C50H68N6O11S2/c1-8-46(63)27-30(3)28-49(44(61)66-7,39-32(15-20-54(4)29-46)31-13-10-11-14-35(31)51-39)34-25-33-36(26-37(34)65-6)55(5)41-48(33)18-21-56-19-12-17-47(9-2,40(48)56)42(59)50(41,64)43(60)52-53-45(62)67-22-24-69-68-23-16-38(57)58/h10-14,17,25-26,30,40-42,51,59,63-64H,8-9,15-16,18-24,27-29H2,1-7H3,(H,52,60)(H,53,62)(H,57,58)/t30?,40-,41+,42+,46-,47+,48+,49-,50-/m0/s1. The number of aliphatic hydroxyl groups is 3. The zero-order valence-corrected chi connectivity index (χ0v) is 42.3. The van der Waals surface area contributed by atoms with Gasteiger partial charge in [-0.1, -0.05) is 72.7 Å². The number of β-amino-alcohol motifs (C(OH)–C–C–N with tert-alkyl or cyclic N) is 1. The Balaban J connectivity index is 1.28. The fourth-order valence-corrected chi connectivity index (χ4v) is 15.2. The minimum atomic E-state index is -2.54. The van der Waals surface area contributed by atoms with Crippen molar-refractivity contribution in [3.63, 3.8) is 0 Å². The molecule has 2 aromatic carbocycles. The number of H-pyrrole nitrogens is 1. The zero-order chi connectivity index (χ0) is 49.7. The first-order valence-corrected chi connectivity index (χ1v) is 26.5. The molecule has 17 nitrogen and oxygen atoms in total. The number of carbonyl (C=O) groups excluding carboxylic acids is 3. The van der Waals surface area contributed by atoms with Crippen LogP contribution in [-0.2, 0) is 41.1 Å². The van der Waals surface area contributed by atoms with E-state index >= 15 is 4.79 Å². The lowest BCUT2D eigenvalue weighted by Crippen LogP contribution is -2.82. The number of methoxy groups -OCH3 is 2. The highest BCUT2D eigenvalue weighted by Gasteiger charge is 2.79. The molecule has 2 amide bonds. The van der Waals surface area contributed by atoms with Crippen molar-refractivity contribution < 1.29 is 53.8 Å². The number of aromatic amines is 1. The van der Waals surface area contributed by atoms with Crippen molar-refractivity contribution in [2.24, 2.45) is 11.3 Å². The molecule has 1 saturated carbocycles. The summed E-state index contributed by atoms with van der Waals surface area (Å²) in [6.45, 7) is 8.19. The minimum absolute atomic E-state index is 0.00752. The van der Waals surface area contributed by atoms with Crippen molar-refractivity contribution in [1.29, 1.82) is 0 Å². The average Bonchev–Trinajstić information content (AvgIpc) is 3.99. The largest absolute Gasteiger partial charge is 0.496 e. The highest BCUT2D eigenvalue weighted by atomic mass is 33.1. The smallest absolute Gasteiger partial charge is 0.426 e. The van der Waals surface area contributed by atoms with Crippen LogP contribution in [0.15, 0.2) is 48.6 Å². The van der Waals surface area contributed by atoms with E-state index in [0.29, 0.717) is 92.5 Å². The molecule has 2 fully saturated rings. The Bertz CT molecular complexity index is 2490. The molecule has 376 valence electrons. The summed E-state index contributed by atoms with van der Waals surface area (Å²) in [6, 6.07) is 10.4. The number of hydrogen-bond donors (Lipinski definition) is 7. The summed E-state index contributed by atoms with van der Waals surface area (Å²) in [5.74, 6) is -1.52. The van der Waals surface area contributed by atoms with E-state index in [1.807, 2.05) is 68.3 Å². The van der Waals surface area contributed by atoms with E-state index in [1.54, 1.807) is 14.2 Å². The lowest BCUT2D eigenvalue weighted by atomic mass is 9.47. The molecule has 0 bridgehead atoms. The second-order valence-electron chi connectivity index (χ2n) is 19.9. The Hall–Kier alpha value is -4.50. The van der Waals surface area contributed by atoms with E-state index in [4.69, 9.17) is 19.3 Å². The van der Waals surface area contributed by atoms with Crippen LogP contribution in [0.2, 0.25) is 0 Å². The molecule has 1 saturated heterocycles. The highest BCUT2D eigenvalue weighted by Crippen LogP contribution is 2.67. The third kappa shape index (κ3) is 8.26. The number of amides is 2. The van der Waals surface area contributed by atoms with E-state index in [9.17, 15) is 29.7 Å². The quantitative estimate of drug-likeness (QED) is 0.0412. The fraction of sp³-hybridized carbons (Fsp3) is 0.600. The molecule has 19 heteroatoms. The first kappa shape index (κ1) is 50.9. The normalized spacial score (nSPS) is 32.0. The molecule has 3 aromatic rings. The molecule has 0 radical (unpaired) electrons. The van der Waals surface area contributed by atoms with E-state index < -0.39 is 69.6 Å². The van der Waals surface area contributed by atoms with Crippen LogP contribution < -0.4 is 20.5 Å². The molecule has 1 spiro atoms. The Morgan fingerprint density at radius 2 is 1.71 bits per heavy atom. The second kappa shape index (κ2) is 19.6. The number of rotatable bonds is 13. The van der Waals surface area contributed by atoms with Crippen LogP contribution >= 0.6 is 21.6 Å². The minimum Gasteiger partial charge on any atom is -0.496 e. The monoisotopic (exact) mass is 992 g/mol. The number of hydrogen-bond acceptors (Lipinski definition) is 15.